The summed E-state index contributed by atoms with van der Waals surface area (Å²) in [5.41, 5.74) is 5.20. The molecule has 6 rings (SSSR count). The van der Waals surface area contributed by atoms with E-state index in [2.05, 4.69) is 28.4 Å². The van der Waals surface area contributed by atoms with Gasteiger partial charge in [0.25, 0.3) is 0 Å². The largest absolute Gasteiger partial charge is 0.493 e. The van der Waals surface area contributed by atoms with Gasteiger partial charge in [-0.05, 0) is 83.5 Å². The second kappa shape index (κ2) is 14.0. The number of carbonyl (C=O) groups excluding carboxylic acids is 1. The minimum atomic E-state index is -0.556. The fraction of sp³-hybridized carbons (Fsp3) is 0.324. The number of hydrogen-bond acceptors (Lipinski definition) is 8. The molecule has 0 aromatic heterocycles. The van der Waals surface area contributed by atoms with E-state index in [0.29, 0.717) is 54.0 Å². The van der Waals surface area contributed by atoms with Gasteiger partial charge in [-0.15, -0.1) is 0 Å². The van der Waals surface area contributed by atoms with Gasteiger partial charge in [-0.1, -0.05) is 42.5 Å². The topological polar surface area (TPSA) is 87.7 Å². The number of amides is 1. The lowest BCUT2D eigenvalue weighted by Gasteiger charge is -2.37. The zero-order valence-electron chi connectivity index (χ0n) is 26.7. The van der Waals surface area contributed by atoms with Crippen molar-refractivity contribution in [2.75, 3.05) is 41.8 Å². The fourth-order valence-electron chi connectivity index (χ4n) is 6.48. The van der Waals surface area contributed by atoms with E-state index in [1.54, 1.807) is 28.4 Å². The van der Waals surface area contributed by atoms with E-state index in [1.165, 1.54) is 5.56 Å². The number of methoxy groups -OCH3 is 4. The normalized spacial score (nSPS) is 16.1. The third-order valence-corrected chi connectivity index (χ3v) is 8.74. The first-order chi connectivity index (χ1) is 22.5. The first-order valence-corrected chi connectivity index (χ1v) is 15.5. The third kappa shape index (κ3) is 6.41. The molecule has 1 N–H and O–H groups in total. The molecule has 2 atom stereocenters. The summed E-state index contributed by atoms with van der Waals surface area (Å²) in [6.07, 6.45) is 2.33. The Morgan fingerprint density at radius 2 is 1.50 bits per heavy atom. The smallest absolute Gasteiger partial charge is 0.242 e. The average molecular weight is 625 g/mol. The molecule has 0 aliphatic carbocycles. The molecule has 240 valence electrons. The van der Waals surface area contributed by atoms with Crippen LogP contribution in [0.2, 0.25) is 0 Å². The molecule has 46 heavy (non-hydrogen) atoms. The molecule has 9 nitrogen and oxygen atoms in total. The van der Waals surface area contributed by atoms with Gasteiger partial charge >= 0.3 is 0 Å². The fourth-order valence-corrected chi connectivity index (χ4v) is 6.48. The van der Waals surface area contributed by atoms with E-state index in [1.807, 2.05) is 60.7 Å². The van der Waals surface area contributed by atoms with Crippen molar-refractivity contribution in [2.24, 2.45) is 0 Å². The molecule has 1 amide bonds. The van der Waals surface area contributed by atoms with Crippen LogP contribution in [0, 0.1) is 0 Å². The van der Waals surface area contributed by atoms with Gasteiger partial charge in [0, 0.05) is 19.1 Å². The number of fused-ring (bicyclic) bond motifs is 2. The Morgan fingerprint density at radius 1 is 0.804 bits per heavy atom. The molecular weight excluding hydrogens is 584 g/mol. The maximum Gasteiger partial charge on any atom is 0.242 e. The average Bonchev–Trinajstić information content (AvgIpc) is 3.50. The molecule has 0 saturated heterocycles. The van der Waals surface area contributed by atoms with Gasteiger partial charge in [-0.25, -0.2) is 0 Å². The summed E-state index contributed by atoms with van der Waals surface area (Å²) in [4.78, 5) is 16.7. The number of ether oxygens (including phenoxy) is 6. The molecule has 2 heterocycles. The van der Waals surface area contributed by atoms with Crippen LogP contribution in [-0.4, -0.2) is 52.6 Å². The van der Waals surface area contributed by atoms with Crippen molar-refractivity contribution in [1.29, 1.82) is 0 Å². The van der Waals surface area contributed by atoms with Gasteiger partial charge < -0.3 is 33.7 Å². The number of benzene rings is 4. The second-order valence-corrected chi connectivity index (χ2v) is 11.4. The van der Waals surface area contributed by atoms with Crippen molar-refractivity contribution >= 4 is 5.91 Å². The van der Waals surface area contributed by atoms with E-state index in [4.69, 9.17) is 28.4 Å². The molecule has 2 aliphatic heterocycles. The summed E-state index contributed by atoms with van der Waals surface area (Å²) >= 11 is 0. The molecular formula is C37H40N2O7. The number of aryl methyl sites for hydroxylation is 1. The van der Waals surface area contributed by atoms with Crippen LogP contribution in [0.1, 0.15) is 46.3 Å². The summed E-state index contributed by atoms with van der Waals surface area (Å²) in [6.45, 7) is 1.26. The molecule has 0 saturated carbocycles. The van der Waals surface area contributed by atoms with Crippen molar-refractivity contribution in [1.82, 2.24) is 10.2 Å². The Bertz CT molecular complexity index is 1680. The van der Waals surface area contributed by atoms with Gasteiger partial charge in [0.05, 0.1) is 28.4 Å². The number of nitrogens with zero attached hydrogens (tertiary/aromatic N) is 1. The first kappa shape index (κ1) is 31.1. The minimum absolute atomic E-state index is 0.0786. The molecule has 0 bridgehead atoms. The predicted octanol–water partition coefficient (Wildman–Crippen LogP) is 6.04. The van der Waals surface area contributed by atoms with Crippen molar-refractivity contribution < 1.29 is 33.2 Å². The zero-order chi connectivity index (χ0) is 32.0. The lowest BCUT2D eigenvalue weighted by Crippen LogP contribution is -2.43. The van der Waals surface area contributed by atoms with Crippen LogP contribution in [0.4, 0.5) is 0 Å². The van der Waals surface area contributed by atoms with E-state index in [9.17, 15) is 4.79 Å². The van der Waals surface area contributed by atoms with Gasteiger partial charge in [-0.3, -0.25) is 9.69 Å². The number of carbonyl (C=O) groups is 1. The molecule has 2 unspecified atom stereocenters. The third-order valence-electron chi connectivity index (χ3n) is 8.74. The van der Waals surface area contributed by atoms with Crippen molar-refractivity contribution in [3.63, 3.8) is 0 Å². The number of rotatable bonds is 11. The summed E-state index contributed by atoms with van der Waals surface area (Å²) in [5.74, 6) is 4.00. The highest BCUT2D eigenvalue weighted by molar-refractivity contribution is 5.83. The van der Waals surface area contributed by atoms with Crippen molar-refractivity contribution in [3.05, 3.63) is 107 Å². The van der Waals surface area contributed by atoms with E-state index < -0.39 is 6.04 Å². The molecule has 9 heteroatoms. The lowest BCUT2D eigenvalue weighted by molar-refractivity contribution is -0.128. The Kier molecular flexibility index (Phi) is 9.49. The van der Waals surface area contributed by atoms with Crippen LogP contribution >= 0.6 is 0 Å². The summed E-state index contributed by atoms with van der Waals surface area (Å²) in [6, 6.07) is 25.2. The molecule has 4 aromatic carbocycles. The minimum Gasteiger partial charge on any atom is -0.493 e. The summed E-state index contributed by atoms with van der Waals surface area (Å²) in [5, 5.41) is 3.23. The summed E-state index contributed by atoms with van der Waals surface area (Å²) in [7, 11) is 6.58. The number of hydrogen-bond donors (Lipinski definition) is 1. The Balaban J connectivity index is 1.41. The maximum absolute atomic E-state index is 14.4. The standard InChI is InChI=1S/C37H40N2O7/c1-41-30-14-12-24(18-32(30)42-2)17-29-28-21-34(44-4)33(43-3)20-27(28)11-8-16-39(29)36(26-9-6-5-7-10-26)37(40)38-22-25-13-15-31-35(19-25)46-23-45-31/h5-7,9-10,12-15,18-21,29,36H,8,11,16-17,22-23H2,1-4H3,(H,38,40). The van der Waals surface area contributed by atoms with Crippen LogP contribution in [0.3, 0.4) is 0 Å². The van der Waals surface area contributed by atoms with Crippen molar-refractivity contribution in [3.8, 4) is 34.5 Å². The second-order valence-electron chi connectivity index (χ2n) is 11.4. The van der Waals surface area contributed by atoms with Crippen LogP contribution in [0.5, 0.6) is 34.5 Å². The molecule has 0 spiro atoms. The van der Waals surface area contributed by atoms with Gasteiger partial charge in [-0.2, -0.15) is 0 Å². The zero-order valence-corrected chi connectivity index (χ0v) is 26.7. The molecule has 0 fully saturated rings. The van der Waals surface area contributed by atoms with Gasteiger partial charge in [0.1, 0.15) is 6.04 Å². The highest BCUT2D eigenvalue weighted by atomic mass is 16.7. The molecule has 0 radical (unpaired) electrons. The molecule has 4 aromatic rings. The molecule has 2 aliphatic rings. The summed E-state index contributed by atoms with van der Waals surface area (Å²) < 4.78 is 33.7. The van der Waals surface area contributed by atoms with E-state index in [0.717, 1.165) is 35.1 Å². The lowest BCUT2D eigenvalue weighted by atomic mass is 9.91. The SMILES string of the molecule is COc1ccc(CC2c3cc(OC)c(OC)cc3CCCN2C(C(=O)NCc2ccc3c(c2)OCO3)c2ccccc2)cc1OC. The Labute approximate surface area is 269 Å². The maximum atomic E-state index is 14.4. The quantitative estimate of drug-likeness (QED) is 0.216. The van der Waals surface area contributed by atoms with Gasteiger partial charge in [0.2, 0.25) is 12.7 Å². The number of nitrogens with one attached hydrogen (secondary N) is 1. The van der Waals surface area contributed by atoms with Gasteiger partial charge in [0.15, 0.2) is 34.5 Å². The van der Waals surface area contributed by atoms with Crippen molar-refractivity contribution in [2.45, 2.75) is 37.9 Å². The Hall–Kier alpha value is -4.89. The first-order valence-electron chi connectivity index (χ1n) is 15.5. The van der Waals surface area contributed by atoms with Crippen LogP contribution in [0.25, 0.3) is 0 Å². The highest BCUT2D eigenvalue weighted by Crippen LogP contribution is 2.43. The predicted molar refractivity (Wildman–Crippen MR) is 174 cm³/mol. The van der Waals surface area contributed by atoms with E-state index in [-0.39, 0.29) is 18.7 Å². The Morgan fingerprint density at radius 3 is 2.26 bits per heavy atom. The van der Waals surface area contributed by atoms with Crippen LogP contribution < -0.4 is 33.7 Å². The van der Waals surface area contributed by atoms with Crippen LogP contribution in [0.15, 0.2) is 78.9 Å². The monoisotopic (exact) mass is 624 g/mol. The van der Waals surface area contributed by atoms with E-state index >= 15 is 0 Å². The highest BCUT2D eigenvalue weighted by Gasteiger charge is 2.36. The van der Waals surface area contributed by atoms with Crippen LogP contribution in [-0.2, 0) is 24.2 Å².